The highest BCUT2D eigenvalue weighted by atomic mass is 16.6. The van der Waals surface area contributed by atoms with Crippen LogP contribution in [0.4, 0.5) is 0 Å². The summed E-state index contributed by atoms with van der Waals surface area (Å²) in [7, 11) is 0. The van der Waals surface area contributed by atoms with Crippen molar-refractivity contribution in [2.45, 2.75) is 102 Å². The summed E-state index contributed by atoms with van der Waals surface area (Å²) in [4.78, 5) is 25.5. The Morgan fingerprint density at radius 2 is 1.76 bits per heavy atom. The monoisotopic (exact) mass is 470 g/mol. The van der Waals surface area contributed by atoms with E-state index in [1.807, 2.05) is 26.8 Å². The molecule has 5 rings (SSSR count). The fourth-order valence-corrected chi connectivity index (χ4v) is 8.50. The molecule has 5 aliphatic rings. The molecular formula is C28H38O6. The SMILES string of the molecule is CC1=C(C)C(=O)O[C@H]([C@](C)(O)[C@@]2(O)CC[C@@]3(O)[C@@H]4CCC5=CC=CC(=O)[C@]5(C)[C@H]4CC[C@]23C)C1. The lowest BCUT2D eigenvalue weighted by Gasteiger charge is -2.63. The van der Waals surface area contributed by atoms with E-state index in [1.54, 1.807) is 19.9 Å². The summed E-state index contributed by atoms with van der Waals surface area (Å²) in [6.45, 7) is 9.02. The summed E-state index contributed by atoms with van der Waals surface area (Å²) in [5.41, 5.74) is -3.74. The molecule has 186 valence electrons. The lowest BCUT2D eigenvalue weighted by atomic mass is 9.44. The topological polar surface area (TPSA) is 104 Å². The first-order valence-electron chi connectivity index (χ1n) is 12.7. The number of fused-ring (bicyclic) bond motifs is 5. The van der Waals surface area contributed by atoms with Crippen LogP contribution < -0.4 is 0 Å². The van der Waals surface area contributed by atoms with Gasteiger partial charge in [0.05, 0.1) is 11.0 Å². The van der Waals surface area contributed by atoms with Crippen LogP contribution in [-0.4, -0.2) is 50.0 Å². The van der Waals surface area contributed by atoms with Crippen molar-refractivity contribution in [3.05, 3.63) is 34.9 Å². The second-order valence-electron chi connectivity index (χ2n) is 12.2. The van der Waals surface area contributed by atoms with Gasteiger partial charge in [-0.1, -0.05) is 30.2 Å². The number of esters is 1. The predicted molar refractivity (Wildman–Crippen MR) is 127 cm³/mol. The number of ketones is 1. The van der Waals surface area contributed by atoms with Crippen LogP contribution in [0, 0.1) is 22.7 Å². The Kier molecular flexibility index (Phi) is 5.03. The zero-order valence-electron chi connectivity index (χ0n) is 21.0. The van der Waals surface area contributed by atoms with Crippen molar-refractivity contribution in [1.82, 2.24) is 0 Å². The molecule has 3 fully saturated rings. The van der Waals surface area contributed by atoms with E-state index in [2.05, 4.69) is 6.08 Å². The van der Waals surface area contributed by atoms with E-state index in [9.17, 15) is 24.9 Å². The molecule has 3 saturated carbocycles. The van der Waals surface area contributed by atoms with Crippen molar-refractivity contribution < 1.29 is 29.6 Å². The maximum atomic E-state index is 13.1. The maximum Gasteiger partial charge on any atom is 0.334 e. The Morgan fingerprint density at radius 3 is 2.44 bits per heavy atom. The van der Waals surface area contributed by atoms with Gasteiger partial charge in [-0.05, 0) is 84.1 Å². The van der Waals surface area contributed by atoms with Crippen LogP contribution >= 0.6 is 0 Å². The minimum Gasteiger partial charge on any atom is -0.455 e. The van der Waals surface area contributed by atoms with Gasteiger partial charge in [-0.2, -0.15) is 0 Å². The number of allylic oxidation sites excluding steroid dienone is 4. The molecule has 6 heteroatoms. The van der Waals surface area contributed by atoms with Crippen LogP contribution in [0.25, 0.3) is 0 Å². The van der Waals surface area contributed by atoms with Gasteiger partial charge in [0, 0.05) is 17.4 Å². The zero-order chi connectivity index (χ0) is 24.9. The van der Waals surface area contributed by atoms with Crippen LogP contribution in [0.5, 0.6) is 0 Å². The average molecular weight is 471 g/mol. The highest BCUT2D eigenvalue weighted by Crippen LogP contribution is 2.70. The Hall–Kier alpha value is -1.76. The third-order valence-corrected chi connectivity index (χ3v) is 11.1. The Labute approximate surface area is 201 Å². The molecular weight excluding hydrogens is 432 g/mol. The molecule has 0 aromatic heterocycles. The molecule has 3 N–H and O–H groups in total. The highest BCUT2D eigenvalue weighted by Gasteiger charge is 2.76. The Balaban J connectivity index is 1.53. The molecule has 0 unspecified atom stereocenters. The molecule has 8 atom stereocenters. The normalized spacial score (nSPS) is 47.9. The standard InChI is InChI=1S/C28H38O6/c1-16-15-22(34-23(30)17(16)2)26(5,31)28(33)14-13-27(32)20-10-9-18-7-6-8-21(29)25(18,4)19(20)11-12-24(27,28)3/h6-8,19-20,22,31-33H,9-15H2,1-5H3/t19-,20+,22-,24-,25-,26-,27+,28+/m0/s1. The van der Waals surface area contributed by atoms with E-state index in [1.165, 1.54) is 0 Å². The fraction of sp³-hybridized carbons (Fsp3) is 0.714. The fourth-order valence-electron chi connectivity index (χ4n) is 8.50. The van der Waals surface area contributed by atoms with E-state index in [4.69, 9.17) is 4.74 Å². The van der Waals surface area contributed by atoms with Crippen molar-refractivity contribution in [2.75, 3.05) is 0 Å². The van der Waals surface area contributed by atoms with Crippen LogP contribution in [0.15, 0.2) is 34.9 Å². The second kappa shape index (κ2) is 7.14. The summed E-state index contributed by atoms with van der Waals surface area (Å²) in [6.07, 6.45) is 8.18. The summed E-state index contributed by atoms with van der Waals surface area (Å²) in [5, 5.41) is 36.5. The Morgan fingerprint density at radius 1 is 1.06 bits per heavy atom. The number of carbonyl (C=O) groups is 2. The van der Waals surface area contributed by atoms with E-state index in [0.29, 0.717) is 31.3 Å². The van der Waals surface area contributed by atoms with Gasteiger partial charge in [-0.3, -0.25) is 4.79 Å². The van der Waals surface area contributed by atoms with Gasteiger partial charge >= 0.3 is 5.97 Å². The number of cyclic esters (lactones) is 1. The first kappa shape index (κ1) is 24.0. The van der Waals surface area contributed by atoms with Crippen molar-refractivity contribution >= 4 is 11.8 Å². The number of carbonyl (C=O) groups excluding carboxylic acids is 2. The minimum absolute atomic E-state index is 0.0179. The van der Waals surface area contributed by atoms with Gasteiger partial charge in [0.1, 0.15) is 17.3 Å². The number of hydrogen-bond donors (Lipinski definition) is 3. The molecule has 1 heterocycles. The quantitative estimate of drug-likeness (QED) is 0.534. The first-order chi connectivity index (χ1) is 15.7. The van der Waals surface area contributed by atoms with E-state index in [-0.39, 0.29) is 24.0 Å². The predicted octanol–water partition coefficient (Wildman–Crippen LogP) is 3.54. The van der Waals surface area contributed by atoms with E-state index in [0.717, 1.165) is 24.0 Å². The Bertz CT molecular complexity index is 1050. The smallest absolute Gasteiger partial charge is 0.334 e. The number of ether oxygens (including phenoxy) is 1. The van der Waals surface area contributed by atoms with Crippen LogP contribution in [0.1, 0.15) is 79.6 Å². The molecule has 0 aromatic carbocycles. The number of aliphatic hydroxyl groups is 3. The van der Waals surface area contributed by atoms with Gasteiger partial charge in [-0.15, -0.1) is 0 Å². The summed E-state index contributed by atoms with van der Waals surface area (Å²) >= 11 is 0. The van der Waals surface area contributed by atoms with E-state index < -0.39 is 39.7 Å². The minimum atomic E-state index is -1.75. The second-order valence-corrected chi connectivity index (χ2v) is 12.2. The van der Waals surface area contributed by atoms with Crippen molar-refractivity contribution in [3.63, 3.8) is 0 Å². The molecule has 0 amide bonds. The molecule has 0 saturated heterocycles. The molecule has 1 aliphatic heterocycles. The molecule has 0 bridgehead atoms. The lowest BCUT2D eigenvalue weighted by Crippen LogP contribution is -2.72. The van der Waals surface area contributed by atoms with Gasteiger partial charge in [0.15, 0.2) is 5.78 Å². The largest absolute Gasteiger partial charge is 0.455 e. The van der Waals surface area contributed by atoms with E-state index >= 15 is 0 Å². The third-order valence-electron chi connectivity index (χ3n) is 11.1. The molecule has 0 spiro atoms. The van der Waals surface area contributed by atoms with Gasteiger partial charge in [-0.25, -0.2) is 4.79 Å². The van der Waals surface area contributed by atoms with Crippen LogP contribution in [0.2, 0.25) is 0 Å². The average Bonchev–Trinajstić information content (AvgIpc) is 3.00. The number of hydrogen-bond acceptors (Lipinski definition) is 6. The van der Waals surface area contributed by atoms with Crippen molar-refractivity contribution in [2.24, 2.45) is 22.7 Å². The molecule has 34 heavy (non-hydrogen) atoms. The van der Waals surface area contributed by atoms with Gasteiger partial charge < -0.3 is 20.1 Å². The molecule has 4 aliphatic carbocycles. The zero-order valence-corrected chi connectivity index (χ0v) is 21.0. The summed E-state index contributed by atoms with van der Waals surface area (Å²) in [6, 6.07) is 0. The van der Waals surface area contributed by atoms with Crippen molar-refractivity contribution in [1.29, 1.82) is 0 Å². The van der Waals surface area contributed by atoms with Crippen molar-refractivity contribution in [3.8, 4) is 0 Å². The third kappa shape index (κ3) is 2.63. The first-order valence-corrected chi connectivity index (χ1v) is 12.7. The molecule has 0 radical (unpaired) electrons. The lowest BCUT2D eigenvalue weighted by molar-refractivity contribution is -0.280. The summed E-state index contributed by atoms with van der Waals surface area (Å²) in [5.74, 6) is -0.552. The molecule has 0 aromatic rings. The van der Waals surface area contributed by atoms with Gasteiger partial charge in [0.25, 0.3) is 0 Å². The molecule has 6 nitrogen and oxygen atoms in total. The highest BCUT2D eigenvalue weighted by molar-refractivity contribution is 5.99. The maximum absolute atomic E-state index is 13.1. The summed E-state index contributed by atoms with van der Waals surface area (Å²) < 4.78 is 5.63. The van der Waals surface area contributed by atoms with Gasteiger partial charge in [0.2, 0.25) is 0 Å². The number of rotatable bonds is 2. The van der Waals surface area contributed by atoms with Crippen LogP contribution in [0.3, 0.4) is 0 Å². The van der Waals surface area contributed by atoms with Crippen LogP contribution in [-0.2, 0) is 14.3 Å².